The minimum atomic E-state index is -4.70. The van der Waals surface area contributed by atoms with Crippen molar-refractivity contribution < 1.29 is 27.5 Å². The predicted molar refractivity (Wildman–Crippen MR) is 106 cm³/mol. The van der Waals surface area contributed by atoms with Crippen molar-refractivity contribution in [3.8, 4) is 5.75 Å². The van der Waals surface area contributed by atoms with Crippen LogP contribution >= 0.6 is 0 Å². The molecule has 160 valence electrons. The lowest BCUT2D eigenvalue weighted by Crippen LogP contribution is -2.35. The molecule has 0 bridgehead atoms. The van der Waals surface area contributed by atoms with Crippen molar-refractivity contribution in [2.24, 2.45) is 0 Å². The van der Waals surface area contributed by atoms with Gasteiger partial charge in [0, 0.05) is 19.2 Å². The molecule has 2 aromatic carbocycles. The zero-order chi connectivity index (χ0) is 21.9. The fraction of sp³-hybridized carbons (Fsp3) is 0.333. The van der Waals surface area contributed by atoms with Crippen molar-refractivity contribution >= 4 is 23.3 Å². The molecule has 0 aliphatic carbocycles. The van der Waals surface area contributed by atoms with Crippen LogP contribution in [0, 0.1) is 0 Å². The molecular formula is C21H22F3N3O3. The number of halogens is 3. The summed E-state index contributed by atoms with van der Waals surface area (Å²) in [6, 6.07) is 9.69. The maximum atomic E-state index is 13.5. The summed E-state index contributed by atoms with van der Waals surface area (Å²) >= 11 is 0. The highest BCUT2D eigenvalue weighted by molar-refractivity contribution is 5.93. The second-order valence-electron chi connectivity index (χ2n) is 6.99. The van der Waals surface area contributed by atoms with Crippen molar-refractivity contribution in [1.82, 2.24) is 4.90 Å². The van der Waals surface area contributed by atoms with Gasteiger partial charge in [-0.2, -0.15) is 13.2 Å². The smallest absolute Gasteiger partial charge is 0.418 e. The van der Waals surface area contributed by atoms with Gasteiger partial charge in [0.05, 0.1) is 24.4 Å². The quantitative estimate of drug-likeness (QED) is 0.727. The standard InChI is InChI=1S/C21H22F3N3O3/c1-13(28)25-15-7-10-18(17(12-15)21(22,23)24)26-20(29)27-11-3-4-19(27)14-5-8-16(30-2)9-6-14/h5-10,12,19H,3-4,11H2,1-2H3,(H,25,28)(H,26,29). The normalized spacial score (nSPS) is 16.3. The Morgan fingerprint density at radius 1 is 1.10 bits per heavy atom. The van der Waals surface area contributed by atoms with E-state index in [1.807, 2.05) is 12.1 Å². The summed E-state index contributed by atoms with van der Waals surface area (Å²) in [6.45, 7) is 1.64. The Bertz CT molecular complexity index is 929. The Labute approximate surface area is 172 Å². The molecule has 1 fully saturated rings. The second-order valence-corrected chi connectivity index (χ2v) is 6.99. The number of likely N-dealkylation sites (tertiary alicyclic amines) is 1. The lowest BCUT2D eigenvalue weighted by molar-refractivity contribution is -0.137. The van der Waals surface area contributed by atoms with Gasteiger partial charge in [-0.15, -0.1) is 0 Å². The van der Waals surface area contributed by atoms with Crippen LogP contribution in [0.25, 0.3) is 0 Å². The first-order chi connectivity index (χ1) is 14.2. The number of nitrogens with zero attached hydrogens (tertiary/aromatic N) is 1. The minimum Gasteiger partial charge on any atom is -0.497 e. The van der Waals surface area contributed by atoms with Crippen LogP contribution in [-0.2, 0) is 11.0 Å². The zero-order valence-corrected chi connectivity index (χ0v) is 16.5. The van der Waals surface area contributed by atoms with Gasteiger partial charge < -0.3 is 20.3 Å². The van der Waals surface area contributed by atoms with Crippen LogP contribution in [0.15, 0.2) is 42.5 Å². The molecule has 0 radical (unpaired) electrons. The first kappa shape index (κ1) is 21.5. The number of anilines is 2. The molecular weight excluding hydrogens is 399 g/mol. The Kier molecular flexibility index (Phi) is 6.19. The number of ether oxygens (including phenoxy) is 1. The third-order valence-electron chi connectivity index (χ3n) is 4.90. The molecule has 3 amide bonds. The van der Waals surface area contributed by atoms with Gasteiger partial charge in [-0.1, -0.05) is 12.1 Å². The number of benzene rings is 2. The molecule has 6 nitrogen and oxygen atoms in total. The highest BCUT2D eigenvalue weighted by Gasteiger charge is 2.36. The summed E-state index contributed by atoms with van der Waals surface area (Å²) in [7, 11) is 1.56. The SMILES string of the molecule is COc1ccc(C2CCCN2C(=O)Nc2ccc(NC(C)=O)cc2C(F)(F)F)cc1. The fourth-order valence-corrected chi connectivity index (χ4v) is 3.54. The number of carbonyl (C=O) groups excluding carboxylic acids is 2. The maximum absolute atomic E-state index is 13.5. The van der Waals surface area contributed by atoms with E-state index < -0.39 is 23.7 Å². The first-order valence-electron chi connectivity index (χ1n) is 9.39. The van der Waals surface area contributed by atoms with Gasteiger partial charge in [0.2, 0.25) is 5.91 Å². The number of nitrogens with one attached hydrogen (secondary N) is 2. The van der Waals surface area contributed by atoms with Gasteiger partial charge in [0.15, 0.2) is 0 Å². The van der Waals surface area contributed by atoms with Crippen LogP contribution in [0.4, 0.5) is 29.3 Å². The highest BCUT2D eigenvalue weighted by Crippen LogP contribution is 2.38. The minimum absolute atomic E-state index is 0.00473. The highest BCUT2D eigenvalue weighted by atomic mass is 19.4. The van der Waals surface area contributed by atoms with Crippen molar-refractivity contribution in [3.05, 3.63) is 53.6 Å². The van der Waals surface area contributed by atoms with Crippen molar-refractivity contribution in [2.75, 3.05) is 24.3 Å². The Morgan fingerprint density at radius 2 is 1.80 bits per heavy atom. The third kappa shape index (κ3) is 4.84. The molecule has 1 unspecified atom stereocenters. The van der Waals surface area contributed by atoms with E-state index in [1.54, 1.807) is 19.2 Å². The first-order valence-corrected chi connectivity index (χ1v) is 9.39. The van der Waals surface area contributed by atoms with Crippen molar-refractivity contribution in [2.45, 2.75) is 32.0 Å². The van der Waals surface area contributed by atoms with Crippen LogP contribution in [0.5, 0.6) is 5.75 Å². The average molecular weight is 421 g/mol. The molecule has 2 aromatic rings. The van der Waals surface area contributed by atoms with Crippen molar-refractivity contribution in [1.29, 1.82) is 0 Å². The van der Waals surface area contributed by atoms with Crippen LogP contribution in [0.1, 0.15) is 36.9 Å². The lowest BCUT2D eigenvalue weighted by atomic mass is 10.0. The Balaban J connectivity index is 1.82. The number of hydrogen-bond donors (Lipinski definition) is 2. The molecule has 0 spiro atoms. The lowest BCUT2D eigenvalue weighted by Gasteiger charge is -2.26. The molecule has 1 aliphatic heterocycles. The molecule has 1 aliphatic rings. The van der Waals surface area contributed by atoms with Gasteiger partial charge in [0.25, 0.3) is 0 Å². The average Bonchev–Trinajstić information content (AvgIpc) is 3.18. The van der Waals surface area contributed by atoms with Crippen LogP contribution in [-0.4, -0.2) is 30.5 Å². The van der Waals surface area contributed by atoms with E-state index in [1.165, 1.54) is 17.9 Å². The summed E-state index contributed by atoms with van der Waals surface area (Å²) in [6.07, 6.45) is -3.23. The summed E-state index contributed by atoms with van der Waals surface area (Å²) in [5, 5.41) is 4.71. The number of rotatable bonds is 4. The van der Waals surface area contributed by atoms with E-state index in [9.17, 15) is 22.8 Å². The number of methoxy groups -OCH3 is 1. The Morgan fingerprint density at radius 3 is 2.40 bits per heavy atom. The molecule has 9 heteroatoms. The molecule has 3 rings (SSSR count). The predicted octanol–water partition coefficient (Wildman–Crippen LogP) is 5.04. The van der Waals surface area contributed by atoms with Gasteiger partial charge in [-0.05, 0) is 48.7 Å². The summed E-state index contributed by atoms with van der Waals surface area (Å²) in [5.74, 6) is 0.195. The van der Waals surface area contributed by atoms with E-state index in [2.05, 4.69) is 10.6 Å². The summed E-state index contributed by atoms with van der Waals surface area (Å²) in [4.78, 5) is 25.5. The van der Waals surface area contributed by atoms with Crippen LogP contribution in [0.3, 0.4) is 0 Å². The summed E-state index contributed by atoms with van der Waals surface area (Å²) in [5.41, 5.74) is -0.491. The molecule has 1 saturated heterocycles. The maximum Gasteiger partial charge on any atom is 0.418 e. The Hall–Kier alpha value is -3.23. The van der Waals surface area contributed by atoms with E-state index in [-0.39, 0.29) is 17.4 Å². The second kappa shape index (κ2) is 8.64. The van der Waals surface area contributed by atoms with E-state index >= 15 is 0 Å². The van der Waals surface area contributed by atoms with E-state index in [4.69, 9.17) is 4.74 Å². The zero-order valence-electron chi connectivity index (χ0n) is 16.5. The topological polar surface area (TPSA) is 70.7 Å². The number of urea groups is 1. The molecule has 1 atom stereocenters. The van der Waals surface area contributed by atoms with Crippen LogP contribution in [0.2, 0.25) is 0 Å². The van der Waals surface area contributed by atoms with Crippen molar-refractivity contribution in [3.63, 3.8) is 0 Å². The van der Waals surface area contributed by atoms with E-state index in [0.717, 1.165) is 24.1 Å². The number of alkyl halides is 3. The monoisotopic (exact) mass is 421 g/mol. The fourth-order valence-electron chi connectivity index (χ4n) is 3.54. The molecule has 0 aromatic heterocycles. The van der Waals surface area contributed by atoms with Gasteiger partial charge >= 0.3 is 12.2 Å². The molecule has 0 saturated carbocycles. The van der Waals surface area contributed by atoms with Gasteiger partial charge in [0.1, 0.15) is 5.75 Å². The molecule has 30 heavy (non-hydrogen) atoms. The van der Waals surface area contributed by atoms with Crippen LogP contribution < -0.4 is 15.4 Å². The van der Waals surface area contributed by atoms with Gasteiger partial charge in [-0.25, -0.2) is 4.79 Å². The van der Waals surface area contributed by atoms with Gasteiger partial charge in [-0.3, -0.25) is 4.79 Å². The molecule has 2 N–H and O–H groups in total. The van der Waals surface area contributed by atoms with E-state index in [0.29, 0.717) is 18.7 Å². The largest absolute Gasteiger partial charge is 0.497 e. The molecule has 1 heterocycles. The number of amides is 3. The number of carbonyl (C=O) groups is 2. The summed E-state index contributed by atoms with van der Waals surface area (Å²) < 4.78 is 45.7. The number of hydrogen-bond acceptors (Lipinski definition) is 3. The third-order valence-corrected chi connectivity index (χ3v) is 4.90.